The average Bonchev–Trinajstić information content (AvgIpc) is 2.58. The molecule has 1 aromatic carbocycles. The van der Waals surface area contributed by atoms with Crippen molar-refractivity contribution in [3.63, 3.8) is 0 Å². The van der Waals surface area contributed by atoms with Crippen LogP contribution in [0, 0.1) is 0 Å². The molecule has 0 saturated carbocycles. The Bertz CT molecular complexity index is 578. The van der Waals surface area contributed by atoms with Gasteiger partial charge in [0.05, 0.1) is 0 Å². The minimum Gasteiger partial charge on any atom is -0.449 e. The molecular formula is C18H18O4. The zero-order valence-corrected chi connectivity index (χ0v) is 12.2. The van der Waals surface area contributed by atoms with Crippen LogP contribution in [0.3, 0.4) is 0 Å². The van der Waals surface area contributed by atoms with E-state index in [0.29, 0.717) is 5.56 Å². The predicted molar refractivity (Wildman–Crippen MR) is 84.9 cm³/mol. The monoisotopic (exact) mass is 298 g/mol. The molecular weight excluding hydrogens is 280 g/mol. The first kappa shape index (κ1) is 17.2. The van der Waals surface area contributed by atoms with Gasteiger partial charge in [-0.15, -0.1) is 0 Å². The summed E-state index contributed by atoms with van der Waals surface area (Å²) in [5.41, 5.74) is -0.806. The fourth-order valence-electron chi connectivity index (χ4n) is 1.86. The molecule has 0 heterocycles. The van der Waals surface area contributed by atoms with Crippen molar-refractivity contribution < 1.29 is 19.1 Å². The van der Waals surface area contributed by atoms with Gasteiger partial charge in [0.15, 0.2) is 11.7 Å². The van der Waals surface area contributed by atoms with E-state index in [0.717, 1.165) is 12.2 Å². The van der Waals surface area contributed by atoms with Gasteiger partial charge in [0.25, 0.3) is 0 Å². The molecule has 1 atom stereocenters. The summed E-state index contributed by atoms with van der Waals surface area (Å²) in [6.07, 6.45) is 3.81. The maximum absolute atomic E-state index is 11.7. The van der Waals surface area contributed by atoms with E-state index in [1.54, 1.807) is 24.3 Å². The molecule has 1 unspecified atom stereocenters. The molecule has 0 radical (unpaired) electrons. The molecule has 0 bridgehead atoms. The smallest absolute Gasteiger partial charge is 0.331 e. The van der Waals surface area contributed by atoms with Gasteiger partial charge in [-0.2, -0.15) is 0 Å². The molecule has 0 aliphatic heterocycles. The second kappa shape index (κ2) is 7.78. The zero-order valence-electron chi connectivity index (χ0n) is 12.2. The van der Waals surface area contributed by atoms with Crippen molar-refractivity contribution in [1.82, 2.24) is 0 Å². The quantitative estimate of drug-likeness (QED) is 0.420. The van der Waals surface area contributed by atoms with Crippen LogP contribution < -0.4 is 0 Å². The minimum absolute atomic E-state index is 0.620. The molecule has 0 aromatic heterocycles. The van der Waals surface area contributed by atoms with Crippen molar-refractivity contribution in [1.29, 1.82) is 0 Å². The summed E-state index contributed by atoms with van der Waals surface area (Å²) in [6, 6.07) is 8.84. The lowest BCUT2D eigenvalue weighted by atomic mass is 9.90. The van der Waals surface area contributed by atoms with E-state index in [4.69, 9.17) is 9.47 Å². The average molecular weight is 298 g/mol. The van der Waals surface area contributed by atoms with Crippen LogP contribution in [0.5, 0.6) is 0 Å². The second-order valence-corrected chi connectivity index (χ2v) is 4.32. The molecule has 0 aliphatic carbocycles. The fourth-order valence-corrected chi connectivity index (χ4v) is 1.86. The molecule has 0 saturated heterocycles. The van der Waals surface area contributed by atoms with E-state index >= 15 is 0 Å². The van der Waals surface area contributed by atoms with Crippen molar-refractivity contribution in [3.8, 4) is 0 Å². The van der Waals surface area contributed by atoms with Crippen molar-refractivity contribution in [3.05, 3.63) is 86.5 Å². The summed E-state index contributed by atoms with van der Waals surface area (Å²) >= 11 is 0. The Morgan fingerprint density at radius 2 is 1.50 bits per heavy atom. The van der Waals surface area contributed by atoms with Crippen molar-refractivity contribution in [2.75, 3.05) is 0 Å². The number of hydrogen-bond acceptors (Lipinski definition) is 4. The van der Waals surface area contributed by atoms with Crippen LogP contribution in [0.15, 0.2) is 81.0 Å². The first-order valence-corrected chi connectivity index (χ1v) is 6.53. The molecule has 0 aliphatic rings. The molecule has 0 fully saturated rings. The minimum atomic E-state index is -1.43. The molecule has 0 spiro atoms. The van der Waals surface area contributed by atoms with Gasteiger partial charge < -0.3 is 9.47 Å². The lowest BCUT2D eigenvalue weighted by molar-refractivity contribution is -0.167. The topological polar surface area (TPSA) is 52.6 Å². The molecule has 0 N–H and O–H groups in total. The molecule has 1 rings (SSSR count). The summed E-state index contributed by atoms with van der Waals surface area (Å²) in [4.78, 5) is 23.3. The lowest BCUT2D eigenvalue weighted by Crippen LogP contribution is -2.39. The van der Waals surface area contributed by atoms with Crippen LogP contribution >= 0.6 is 0 Å². The Hall–Kier alpha value is -2.88. The number of hydrogen-bond donors (Lipinski definition) is 0. The van der Waals surface area contributed by atoms with Gasteiger partial charge in [0, 0.05) is 12.2 Å². The SMILES string of the molecule is C=CC(=O)OC(c1ccccc1)C(C=C)(C=C)OC(=O)C=C. The summed E-state index contributed by atoms with van der Waals surface area (Å²) in [7, 11) is 0. The highest BCUT2D eigenvalue weighted by Crippen LogP contribution is 2.35. The van der Waals surface area contributed by atoms with Crippen LogP contribution in [0.2, 0.25) is 0 Å². The number of carbonyl (C=O) groups excluding carboxylic acids is 2. The van der Waals surface area contributed by atoms with E-state index < -0.39 is 23.6 Å². The highest BCUT2D eigenvalue weighted by Gasteiger charge is 2.40. The third-order valence-corrected chi connectivity index (χ3v) is 2.99. The standard InChI is InChI=1S/C18H18O4/c1-5-15(19)21-17(14-12-10-9-11-13-14)18(7-3,8-4)22-16(20)6-2/h5-13,17H,1-4H2. The Morgan fingerprint density at radius 3 is 1.95 bits per heavy atom. The largest absolute Gasteiger partial charge is 0.449 e. The van der Waals surface area contributed by atoms with Crippen molar-refractivity contribution in [2.45, 2.75) is 11.7 Å². The van der Waals surface area contributed by atoms with Gasteiger partial charge in [-0.25, -0.2) is 9.59 Å². The predicted octanol–water partition coefficient (Wildman–Crippen LogP) is 3.30. The van der Waals surface area contributed by atoms with E-state index in [2.05, 4.69) is 26.3 Å². The first-order valence-electron chi connectivity index (χ1n) is 6.53. The number of esters is 2. The maximum Gasteiger partial charge on any atom is 0.331 e. The van der Waals surface area contributed by atoms with E-state index in [9.17, 15) is 9.59 Å². The van der Waals surface area contributed by atoms with E-state index in [1.807, 2.05) is 6.07 Å². The molecule has 1 aromatic rings. The summed E-state index contributed by atoms with van der Waals surface area (Å²) in [5.74, 6) is -1.34. The maximum atomic E-state index is 11.7. The Balaban J connectivity index is 3.36. The van der Waals surface area contributed by atoms with Gasteiger partial charge in [-0.1, -0.05) is 56.6 Å². The van der Waals surface area contributed by atoms with Crippen molar-refractivity contribution in [2.24, 2.45) is 0 Å². The Morgan fingerprint density at radius 1 is 0.955 bits per heavy atom. The highest BCUT2D eigenvalue weighted by molar-refractivity contribution is 5.83. The van der Waals surface area contributed by atoms with Crippen LogP contribution in [0.1, 0.15) is 11.7 Å². The van der Waals surface area contributed by atoms with E-state index in [-0.39, 0.29) is 0 Å². The van der Waals surface area contributed by atoms with Gasteiger partial charge in [0.2, 0.25) is 0 Å². The molecule has 114 valence electrons. The lowest BCUT2D eigenvalue weighted by Gasteiger charge is -2.34. The molecule has 4 heteroatoms. The van der Waals surface area contributed by atoms with Gasteiger partial charge in [-0.05, 0) is 17.7 Å². The van der Waals surface area contributed by atoms with Crippen LogP contribution in [-0.2, 0) is 19.1 Å². The van der Waals surface area contributed by atoms with Crippen LogP contribution in [-0.4, -0.2) is 17.5 Å². The number of carbonyl (C=O) groups is 2. The number of rotatable bonds is 8. The van der Waals surface area contributed by atoms with Crippen molar-refractivity contribution >= 4 is 11.9 Å². The van der Waals surface area contributed by atoms with E-state index in [1.165, 1.54) is 12.2 Å². The number of ether oxygens (including phenoxy) is 2. The fraction of sp³-hybridized carbons (Fsp3) is 0.111. The Labute approximate surface area is 130 Å². The highest BCUT2D eigenvalue weighted by atomic mass is 16.6. The van der Waals surface area contributed by atoms with Crippen LogP contribution in [0.4, 0.5) is 0 Å². The molecule has 22 heavy (non-hydrogen) atoms. The normalized spacial score (nSPS) is 11.6. The third kappa shape index (κ3) is 3.82. The summed E-state index contributed by atoms with van der Waals surface area (Å²) < 4.78 is 10.7. The zero-order chi connectivity index (χ0) is 16.6. The van der Waals surface area contributed by atoms with Gasteiger partial charge in [-0.3, -0.25) is 0 Å². The summed E-state index contributed by atoms with van der Waals surface area (Å²) in [6.45, 7) is 14.1. The molecule has 4 nitrogen and oxygen atoms in total. The first-order chi connectivity index (χ1) is 10.5. The van der Waals surface area contributed by atoms with Crippen LogP contribution in [0.25, 0.3) is 0 Å². The number of benzene rings is 1. The second-order valence-electron chi connectivity index (χ2n) is 4.32. The summed E-state index contributed by atoms with van der Waals surface area (Å²) in [5, 5.41) is 0. The van der Waals surface area contributed by atoms with Gasteiger partial charge in [0.1, 0.15) is 0 Å². The molecule has 0 amide bonds. The third-order valence-electron chi connectivity index (χ3n) is 2.99. The van der Waals surface area contributed by atoms with Gasteiger partial charge >= 0.3 is 11.9 Å². The Kier molecular flexibility index (Phi) is 6.08.